The molecule has 1 aromatic heterocycles. The molecule has 2 N–H and O–H groups in total. The number of benzene rings is 1. The van der Waals surface area contributed by atoms with Crippen molar-refractivity contribution in [3.05, 3.63) is 47.3 Å². The van der Waals surface area contributed by atoms with Gasteiger partial charge >= 0.3 is 6.18 Å². The second-order valence-electron chi connectivity index (χ2n) is 6.45. The van der Waals surface area contributed by atoms with Gasteiger partial charge in [-0.1, -0.05) is 12.1 Å². The molecule has 0 aliphatic heterocycles. The monoisotopic (exact) mass is 524 g/mol. The molecule has 29 heavy (non-hydrogen) atoms. The van der Waals surface area contributed by atoms with Crippen LogP contribution in [0.1, 0.15) is 23.7 Å². The number of nitrogens with one attached hydrogen (secondary N) is 2. The Morgan fingerprint density at radius 2 is 2.00 bits per heavy atom. The van der Waals surface area contributed by atoms with Gasteiger partial charge in [-0.2, -0.15) is 18.3 Å². The van der Waals surface area contributed by atoms with Gasteiger partial charge in [-0.15, -0.1) is 24.0 Å². The third-order valence-corrected chi connectivity index (χ3v) is 4.27. The molecule has 0 aliphatic rings. The summed E-state index contributed by atoms with van der Waals surface area (Å²) in [5.41, 5.74) is 1.53. The number of likely N-dealkylation sites (N-methyl/N-ethyl adjacent to an activating group) is 1. The molecule has 0 saturated carbocycles. The van der Waals surface area contributed by atoms with Crippen molar-refractivity contribution in [3.8, 4) is 0 Å². The lowest BCUT2D eigenvalue weighted by molar-refractivity contribution is -0.142. The van der Waals surface area contributed by atoms with Gasteiger partial charge in [0.15, 0.2) is 11.7 Å². The van der Waals surface area contributed by atoms with E-state index in [2.05, 4.69) is 57.7 Å². The number of guanidine groups is 1. The smallest absolute Gasteiger partial charge is 0.370 e. The van der Waals surface area contributed by atoms with Crippen LogP contribution in [-0.4, -0.2) is 42.4 Å². The van der Waals surface area contributed by atoms with Gasteiger partial charge in [0.1, 0.15) is 0 Å². The lowest BCUT2D eigenvalue weighted by Gasteiger charge is -2.24. The molecule has 6 nitrogen and oxygen atoms in total. The van der Waals surface area contributed by atoms with E-state index >= 15 is 0 Å². The summed E-state index contributed by atoms with van der Waals surface area (Å²) in [6.07, 6.45) is -3.12. The van der Waals surface area contributed by atoms with Crippen molar-refractivity contribution in [2.45, 2.75) is 26.6 Å². The predicted octanol–water partition coefficient (Wildman–Crippen LogP) is 3.56. The number of aryl methyl sites for hydroxylation is 2. The van der Waals surface area contributed by atoms with Gasteiger partial charge in [0, 0.05) is 57.7 Å². The Bertz CT molecular complexity index is 803. The van der Waals surface area contributed by atoms with Crippen molar-refractivity contribution in [1.29, 1.82) is 0 Å². The van der Waals surface area contributed by atoms with E-state index in [-0.39, 0.29) is 36.1 Å². The number of hydrogen-bond acceptors (Lipinski definition) is 3. The fourth-order valence-corrected chi connectivity index (χ4v) is 2.91. The SMILES string of the molecule is CCN(CCNC(=NC)NCc1cn(C)nc1C(F)(F)F)c1cccc(C)c1.I. The van der Waals surface area contributed by atoms with Crippen molar-refractivity contribution in [2.75, 3.05) is 31.6 Å². The summed E-state index contributed by atoms with van der Waals surface area (Å²) in [4.78, 5) is 6.30. The summed E-state index contributed by atoms with van der Waals surface area (Å²) in [7, 11) is 3.05. The van der Waals surface area contributed by atoms with Crippen LogP contribution in [0.25, 0.3) is 0 Å². The molecule has 10 heteroatoms. The van der Waals surface area contributed by atoms with Crippen LogP contribution in [0, 0.1) is 6.92 Å². The summed E-state index contributed by atoms with van der Waals surface area (Å²) in [5.74, 6) is 0.442. The van der Waals surface area contributed by atoms with E-state index in [9.17, 15) is 13.2 Å². The normalized spacial score (nSPS) is 11.8. The first-order chi connectivity index (χ1) is 13.2. The molecule has 2 aromatic rings. The van der Waals surface area contributed by atoms with Gasteiger partial charge in [-0.3, -0.25) is 9.67 Å². The molecular weight excluding hydrogens is 496 g/mol. The lowest BCUT2D eigenvalue weighted by atomic mass is 10.2. The maximum Gasteiger partial charge on any atom is 0.435 e. The Hall–Kier alpha value is -1.98. The second kappa shape index (κ2) is 11.3. The van der Waals surface area contributed by atoms with Gasteiger partial charge in [0.05, 0.1) is 0 Å². The molecule has 0 bridgehead atoms. The Kier molecular flexibility index (Phi) is 9.74. The zero-order valence-corrected chi connectivity index (χ0v) is 19.4. The largest absolute Gasteiger partial charge is 0.435 e. The number of halogens is 4. The maximum absolute atomic E-state index is 13.0. The van der Waals surface area contributed by atoms with E-state index in [0.29, 0.717) is 12.5 Å². The quantitative estimate of drug-likeness (QED) is 0.331. The third kappa shape index (κ3) is 7.41. The highest BCUT2D eigenvalue weighted by Gasteiger charge is 2.36. The highest BCUT2D eigenvalue weighted by molar-refractivity contribution is 14.0. The van der Waals surface area contributed by atoms with Crippen LogP contribution in [0.5, 0.6) is 0 Å². The Morgan fingerprint density at radius 3 is 2.59 bits per heavy atom. The number of anilines is 1. The second-order valence-corrected chi connectivity index (χ2v) is 6.45. The fourth-order valence-electron chi connectivity index (χ4n) is 2.91. The number of aliphatic imine (C=N–C) groups is 1. The van der Waals surface area contributed by atoms with Crippen molar-refractivity contribution >= 4 is 35.6 Å². The zero-order chi connectivity index (χ0) is 20.7. The maximum atomic E-state index is 13.0. The highest BCUT2D eigenvalue weighted by Crippen LogP contribution is 2.30. The summed E-state index contributed by atoms with van der Waals surface area (Å²) >= 11 is 0. The molecule has 0 atom stereocenters. The number of nitrogens with zero attached hydrogens (tertiary/aromatic N) is 4. The minimum absolute atomic E-state index is 0. The molecule has 0 spiro atoms. The molecule has 0 aliphatic carbocycles. The molecule has 1 heterocycles. The average molecular weight is 524 g/mol. The van der Waals surface area contributed by atoms with Crippen molar-refractivity contribution in [2.24, 2.45) is 12.0 Å². The molecular formula is C19H28F3IN6. The van der Waals surface area contributed by atoms with E-state index in [1.54, 1.807) is 7.05 Å². The van der Waals surface area contributed by atoms with Crippen molar-refractivity contribution in [1.82, 2.24) is 20.4 Å². The number of aromatic nitrogens is 2. The number of rotatable bonds is 7. The van der Waals surface area contributed by atoms with Crippen molar-refractivity contribution < 1.29 is 13.2 Å². The van der Waals surface area contributed by atoms with E-state index in [1.165, 1.54) is 18.8 Å². The Balaban J connectivity index is 0.00000420. The van der Waals surface area contributed by atoms with E-state index < -0.39 is 11.9 Å². The minimum atomic E-state index is -4.48. The van der Waals surface area contributed by atoms with Crippen LogP contribution in [0.4, 0.5) is 18.9 Å². The fraction of sp³-hybridized carbons (Fsp3) is 0.474. The van der Waals surface area contributed by atoms with Crippen LogP contribution in [0.3, 0.4) is 0 Å². The Labute approximate surface area is 186 Å². The first-order valence-corrected chi connectivity index (χ1v) is 9.10. The van der Waals surface area contributed by atoms with Crippen LogP contribution >= 0.6 is 24.0 Å². The first-order valence-electron chi connectivity index (χ1n) is 9.10. The summed E-state index contributed by atoms with van der Waals surface area (Å²) < 4.78 is 40.3. The van der Waals surface area contributed by atoms with Gasteiger partial charge in [-0.05, 0) is 31.5 Å². The van der Waals surface area contributed by atoms with Gasteiger partial charge in [-0.25, -0.2) is 0 Å². The molecule has 0 fully saturated rings. The van der Waals surface area contributed by atoms with Crippen LogP contribution in [0.2, 0.25) is 0 Å². The van der Waals surface area contributed by atoms with Gasteiger partial charge < -0.3 is 15.5 Å². The first kappa shape index (κ1) is 25.1. The Morgan fingerprint density at radius 1 is 1.28 bits per heavy atom. The van der Waals surface area contributed by atoms with E-state index in [4.69, 9.17) is 0 Å². The minimum Gasteiger partial charge on any atom is -0.370 e. The molecule has 2 rings (SSSR count). The zero-order valence-electron chi connectivity index (χ0n) is 17.0. The lowest BCUT2D eigenvalue weighted by Crippen LogP contribution is -2.41. The van der Waals surface area contributed by atoms with Gasteiger partial charge in [0.2, 0.25) is 0 Å². The number of alkyl halides is 3. The molecule has 0 saturated heterocycles. The molecule has 0 unspecified atom stereocenters. The van der Waals surface area contributed by atoms with Crippen molar-refractivity contribution in [3.63, 3.8) is 0 Å². The molecule has 0 radical (unpaired) electrons. The molecule has 0 amide bonds. The van der Waals surface area contributed by atoms with Crippen LogP contribution in [0.15, 0.2) is 35.5 Å². The average Bonchev–Trinajstić information content (AvgIpc) is 3.02. The third-order valence-electron chi connectivity index (χ3n) is 4.27. The summed E-state index contributed by atoms with van der Waals surface area (Å²) in [6.45, 7) is 6.30. The predicted molar refractivity (Wildman–Crippen MR) is 121 cm³/mol. The molecule has 162 valence electrons. The highest BCUT2D eigenvalue weighted by atomic mass is 127. The molecule has 1 aromatic carbocycles. The van der Waals surface area contributed by atoms with Crippen LogP contribution in [-0.2, 0) is 19.8 Å². The van der Waals surface area contributed by atoms with Crippen LogP contribution < -0.4 is 15.5 Å². The summed E-state index contributed by atoms with van der Waals surface area (Å²) in [5, 5.41) is 9.57. The van der Waals surface area contributed by atoms with Gasteiger partial charge in [0.25, 0.3) is 0 Å². The standard InChI is InChI=1S/C19H27F3N6.HI/c1-5-28(16-8-6-7-14(2)11-16)10-9-24-18(23-3)25-12-15-13-27(4)26-17(15)19(20,21)22;/h6-8,11,13H,5,9-10,12H2,1-4H3,(H2,23,24,25);1H. The summed E-state index contributed by atoms with van der Waals surface area (Å²) in [6, 6.07) is 8.25. The van der Waals surface area contributed by atoms with E-state index in [1.807, 2.05) is 6.07 Å². The van der Waals surface area contributed by atoms with E-state index in [0.717, 1.165) is 23.5 Å². The topological polar surface area (TPSA) is 57.5 Å². The number of hydrogen-bond donors (Lipinski definition) is 2.